The molecule has 6 aromatic rings. The van der Waals surface area contributed by atoms with Crippen molar-refractivity contribution in [1.29, 1.82) is 0 Å². The Balaban J connectivity index is 1.42. The quantitative estimate of drug-likeness (QED) is 0.425. The molecule has 0 spiro atoms. The molecule has 0 aliphatic carbocycles. The summed E-state index contributed by atoms with van der Waals surface area (Å²) in [5, 5.41) is 22.9. The fraction of sp³-hybridized carbons (Fsp3) is 0.0870. The van der Waals surface area contributed by atoms with Gasteiger partial charge in [0.25, 0.3) is 0 Å². The lowest BCUT2D eigenvalue weighted by Crippen LogP contribution is -1.92. The highest BCUT2D eigenvalue weighted by molar-refractivity contribution is 7.20. The van der Waals surface area contributed by atoms with Crippen LogP contribution in [0.4, 0.5) is 0 Å². The molecule has 8 nitrogen and oxygen atoms in total. The Morgan fingerprint density at radius 2 is 1.84 bits per heavy atom. The Bertz CT molecular complexity index is 1580. The SMILES string of the molecule is COc1ccc(-c2cc(-c3nnc4sc(-c5cc(C)nc6ccccc56)nn34)[nH]n2)cc1. The first-order valence-corrected chi connectivity index (χ1v) is 10.8. The van der Waals surface area contributed by atoms with Crippen LogP contribution in [0.3, 0.4) is 0 Å². The number of fused-ring (bicyclic) bond motifs is 2. The second-order valence-corrected chi connectivity index (χ2v) is 8.30. The third-order valence-corrected chi connectivity index (χ3v) is 6.20. The Kier molecular flexibility index (Phi) is 4.22. The zero-order valence-electron chi connectivity index (χ0n) is 17.3. The minimum atomic E-state index is 0.616. The van der Waals surface area contributed by atoms with E-state index < -0.39 is 0 Å². The molecule has 6 rings (SSSR count). The van der Waals surface area contributed by atoms with E-state index in [-0.39, 0.29) is 0 Å². The van der Waals surface area contributed by atoms with Gasteiger partial charge >= 0.3 is 0 Å². The number of methoxy groups -OCH3 is 1. The van der Waals surface area contributed by atoms with E-state index in [0.29, 0.717) is 10.8 Å². The lowest BCUT2D eigenvalue weighted by molar-refractivity contribution is 0.415. The Morgan fingerprint density at radius 1 is 1.00 bits per heavy atom. The van der Waals surface area contributed by atoms with E-state index in [1.165, 1.54) is 11.3 Å². The summed E-state index contributed by atoms with van der Waals surface area (Å²) < 4.78 is 6.99. The molecule has 1 N–H and O–H groups in total. The van der Waals surface area contributed by atoms with E-state index in [9.17, 15) is 0 Å². The second kappa shape index (κ2) is 7.24. The van der Waals surface area contributed by atoms with E-state index in [2.05, 4.69) is 37.5 Å². The number of benzene rings is 2. The molecule has 4 aromatic heterocycles. The molecule has 0 aliphatic rings. The van der Waals surface area contributed by atoms with Gasteiger partial charge in [0.05, 0.1) is 18.3 Å². The number of aromatic amines is 1. The van der Waals surface area contributed by atoms with Crippen LogP contribution in [-0.2, 0) is 0 Å². The third kappa shape index (κ3) is 3.02. The average Bonchev–Trinajstić information content (AvgIpc) is 3.54. The first kappa shape index (κ1) is 18.6. The number of pyridine rings is 1. The molecule has 0 radical (unpaired) electrons. The fourth-order valence-corrected chi connectivity index (χ4v) is 4.59. The lowest BCUT2D eigenvalue weighted by atomic mass is 10.1. The Hall–Kier alpha value is -4.11. The first-order valence-electron chi connectivity index (χ1n) is 9.99. The van der Waals surface area contributed by atoms with E-state index in [0.717, 1.165) is 49.9 Å². The van der Waals surface area contributed by atoms with Crippen molar-refractivity contribution in [2.75, 3.05) is 7.11 Å². The molecule has 4 heterocycles. The number of para-hydroxylation sites is 1. The van der Waals surface area contributed by atoms with Crippen LogP contribution >= 0.6 is 11.3 Å². The zero-order chi connectivity index (χ0) is 21.7. The molecule has 0 aliphatic heterocycles. The van der Waals surface area contributed by atoms with E-state index >= 15 is 0 Å². The first-order chi connectivity index (χ1) is 15.7. The molecule has 0 atom stereocenters. The number of nitrogens with zero attached hydrogens (tertiary/aromatic N) is 6. The smallest absolute Gasteiger partial charge is 0.235 e. The normalized spacial score (nSPS) is 11.4. The number of ether oxygens (including phenoxy) is 1. The highest BCUT2D eigenvalue weighted by Crippen LogP contribution is 2.33. The molecule has 32 heavy (non-hydrogen) atoms. The summed E-state index contributed by atoms with van der Waals surface area (Å²) in [5.41, 5.74) is 5.47. The van der Waals surface area contributed by atoms with Gasteiger partial charge in [0.2, 0.25) is 10.8 Å². The van der Waals surface area contributed by atoms with Crippen molar-refractivity contribution in [1.82, 2.24) is 35.0 Å². The summed E-state index contributed by atoms with van der Waals surface area (Å²) in [4.78, 5) is 5.35. The van der Waals surface area contributed by atoms with Crippen LogP contribution in [0.2, 0.25) is 0 Å². The summed E-state index contributed by atoms with van der Waals surface area (Å²) in [7, 11) is 1.65. The van der Waals surface area contributed by atoms with Crippen LogP contribution in [0, 0.1) is 6.92 Å². The maximum Gasteiger partial charge on any atom is 0.235 e. The predicted molar refractivity (Wildman–Crippen MR) is 124 cm³/mol. The third-order valence-electron chi connectivity index (χ3n) is 5.27. The number of H-pyrrole nitrogens is 1. The number of aryl methyl sites for hydroxylation is 1. The molecule has 0 fully saturated rings. The van der Waals surface area contributed by atoms with Crippen LogP contribution in [0.5, 0.6) is 5.75 Å². The van der Waals surface area contributed by atoms with Crippen molar-refractivity contribution in [3.05, 3.63) is 66.4 Å². The molecule has 9 heteroatoms. The summed E-state index contributed by atoms with van der Waals surface area (Å²) in [6.45, 7) is 1.99. The van der Waals surface area contributed by atoms with Crippen LogP contribution in [0.1, 0.15) is 5.69 Å². The topological polar surface area (TPSA) is 93.9 Å². The van der Waals surface area contributed by atoms with Gasteiger partial charge in [-0.1, -0.05) is 29.5 Å². The van der Waals surface area contributed by atoms with Gasteiger partial charge in [0, 0.05) is 22.2 Å². The number of rotatable bonds is 4. The largest absolute Gasteiger partial charge is 0.497 e. The summed E-state index contributed by atoms with van der Waals surface area (Å²) in [5.74, 6) is 1.42. The number of nitrogens with one attached hydrogen (secondary N) is 1. The number of hydrogen-bond acceptors (Lipinski definition) is 7. The van der Waals surface area contributed by atoms with Gasteiger partial charge in [0.1, 0.15) is 16.5 Å². The number of aromatic nitrogens is 7. The fourth-order valence-electron chi connectivity index (χ4n) is 3.72. The molecule has 2 aromatic carbocycles. The summed E-state index contributed by atoms with van der Waals surface area (Å²) in [6.07, 6.45) is 0. The molecule has 0 saturated carbocycles. The lowest BCUT2D eigenvalue weighted by Gasteiger charge is -2.04. The summed E-state index contributed by atoms with van der Waals surface area (Å²) >= 11 is 1.50. The van der Waals surface area contributed by atoms with Gasteiger partial charge in [-0.25, -0.2) is 0 Å². The van der Waals surface area contributed by atoms with Crippen LogP contribution in [-0.4, -0.2) is 42.1 Å². The van der Waals surface area contributed by atoms with E-state index in [1.54, 1.807) is 11.6 Å². The van der Waals surface area contributed by atoms with Gasteiger partial charge < -0.3 is 4.74 Å². The van der Waals surface area contributed by atoms with E-state index in [1.807, 2.05) is 55.5 Å². The maximum atomic E-state index is 5.23. The van der Waals surface area contributed by atoms with Gasteiger partial charge in [-0.2, -0.15) is 14.7 Å². The molecular formula is C23H17N7OS. The van der Waals surface area contributed by atoms with E-state index in [4.69, 9.17) is 9.84 Å². The monoisotopic (exact) mass is 439 g/mol. The Labute approximate surface area is 186 Å². The highest BCUT2D eigenvalue weighted by atomic mass is 32.1. The van der Waals surface area contributed by atoms with Gasteiger partial charge in [0.15, 0.2) is 0 Å². The van der Waals surface area contributed by atoms with Crippen molar-refractivity contribution >= 4 is 27.2 Å². The highest BCUT2D eigenvalue weighted by Gasteiger charge is 2.18. The van der Waals surface area contributed by atoms with Crippen LogP contribution < -0.4 is 4.74 Å². The van der Waals surface area contributed by atoms with Gasteiger partial charge in [-0.05, 0) is 49.4 Å². The summed E-state index contributed by atoms with van der Waals surface area (Å²) in [6, 6.07) is 19.9. The molecular weight excluding hydrogens is 422 g/mol. The van der Waals surface area contributed by atoms with Crippen LogP contribution in [0.25, 0.3) is 49.2 Å². The molecule has 0 bridgehead atoms. The van der Waals surface area contributed by atoms with Crippen LogP contribution in [0.15, 0.2) is 60.7 Å². The predicted octanol–water partition coefficient (Wildman–Crippen LogP) is 4.78. The Morgan fingerprint density at radius 3 is 2.69 bits per heavy atom. The number of hydrogen-bond donors (Lipinski definition) is 1. The maximum absolute atomic E-state index is 5.23. The second-order valence-electron chi connectivity index (χ2n) is 7.35. The van der Waals surface area contributed by atoms with Crippen molar-refractivity contribution in [3.63, 3.8) is 0 Å². The molecule has 156 valence electrons. The molecule has 0 amide bonds. The standard InChI is InChI=1S/C23H17N7OS/c1-13-11-17(16-5-3-4-6-18(16)24-13)22-29-30-21(27-28-23(30)32-22)20-12-19(25-26-20)14-7-9-15(31-2)10-8-14/h3-12H,1-2H3,(H,25,26). The molecule has 0 saturated heterocycles. The van der Waals surface area contributed by atoms with Crippen molar-refractivity contribution in [2.45, 2.75) is 6.92 Å². The van der Waals surface area contributed by atoms with Crippen molar-refractivity contribution in [3.8, 4) is 39.1 Å². The zero-order valence-corrected chi connectivity index (χ0v) is 18.1. The minimum Gasteiger partial charge on any atom is -0.497 e. The average molecular weight is 440 g/mol. The molecule has 0 unspecified atom stereocenters. The van der Waals surface area contributed by atoms with Gasteiger partial charge in [-0.3, -0.25) is 10.1 Å². The van der Waals surface area contributed by atoms with Gasteiger partial charge in [-0.15, -0.1) is 10.2 Å². The minimum absolute atomic E-state index is 0.616. The van der Waals surface area contributed by atoms with Crippen molar-refractivity contribution in [2.24, 2.45) is 0 Å². The van der Waals surface area contributed by atoms with Crippen molar-refractivity contribution < 1.29 is 4.74 Å².